The number of Topliss-reactive ketones (excluding diaryl/α,β-unsaturated/α-hetero) is 1. The summed E-state index contributed by atoms with van der Waals surface area (Å²) in [5, 5.41) is 16.6. The fourth-order valence-electron chi connectivity index (χ4n) is 3.75. The Bertz CT molecular complexity index is 1270. The molecule has 33 heavy (non-hydrogen) atoms. The van der Waals surface area contributed by atoms with E-state index in [1.54, 1.807) is 12.1 Å². The summed E-state index contributed by atoms with van der Waals surface area (Å²) < 4.78 is 25.1. The number of anilines is 2. The van der Waals surface area contributed by atoms with E-state index in [1.807, 2.05) is 13.0 Å². The number of tetrazole rings is 1. The van der Waals surface area contributed by atoms with Crippen molar-refractivity contribution >= 4 is 43.8 Å². The van der Waals surface area contributed by atoms with Crippen LogP contribution >= 0.6 is 11.3 Å². The van der Waals surface area contributed by atoms with Crippen LogP contribution in [0.25, 0.3) is 0 Å². The van der Waals surface area contributed by atoms with Gasteiger partial charge in [-0.1, -0.05) is 29.6 Å². The van der Waals surface area contributed by atoms with Crippen LogP contribution in [-0.2, 0) is 9.84 Å². The topological polar surface area (TPSA) is 160 Å². The van der Waals surface area contributed by atoms with Crippen molar-refractivity contribution in [2.75, 3.05) is 10.6 Å². The first-order valence-electron chi connectivity index (χ1n) is 10.4. The van der Waals surface area contributed by atoms with Crippen molar-refractivity contribution in [2.45, 2.75) is 49.9 Å². The maximum atomic E-state index is 13.0. The fraction of sp³-hybridized carbons (Fsp3) is 0.400. The minimum absolute atomic E-state index is 0.0143. The van der Waals surface area contributed by atoms with Crippen molar-refractivity contribution in [3.05, 3.63) is 40.4 Å². The molecule has 1 saturated carbocycles. The number of nitrogens with one attached hydrogen (secondary N) is 3. The number of sulfone groups is 1. The minimum atomic E-state index is -3.85. The molecule has 1 aliphatic carbocycles. The Morgan fingerprint density at radius 3 is 2.67 bits per heavy atom. The van der Waals surface area contributed by atoms with Gasteiger partial charge >= 0.3 is 6.03 Å². The number of hydrogen-bond acceptors (Lipinski definition) is 9. The van der Waals surface area contributed by atoms with Gasteiger partial charge in [-0.25, -0.2) is 18.2 Å². The van der Waals surface area contributed by atoms with Gasteiger partial charge in [-0.2, -0.15) is 5.21 Å². The van der Waals surface area contributed by atoms with E-state index in [4.69, 9.17) is 0 Å². The molecule has 1 fully saturated rings. The lowest BCUT2D eigenvalue weighted by Gasteiger charge is -2.14. The Labute approximate surface area is 194 Å². The van der Waals surface area contributed by atoms with E-state index in [9.17, 15) is 18.0 Å². The van der Waals surface area contributed by atoms with E-state index in [0.717, 1.165) is 42.6 Å². The van der Waals surface area contributed by atoms with E-state index in [2.05, 4.69) is 36.2 Å². The van der Waals surface area contributed by atoms with E-state index < -0.39 is 26.3 Å². The highest BCUT2D eigenvalue weighted by molar-refractivity contribution is 7.91. The first-order chi connectivity index (χ1) is 15.8. The van der Waals surface area contributed by atoms with Crippen LogP contribution in [0.15, 0.2) is 29.6 Å². The molecule has 2 heterocycles. The first-order valence-corrected chi connectivity index (χ1v) is 12.8. The van der Waals surface area contributed by atoms with Crippen LogP contribution in [0.4, 0.5) is 15.6 Å². The number of amides is 2. The zero-order valence-corrected chi connectivity index (χ0v) is 19.7. The van der Waals surface area contributed by atoms with Crippen molar-refractivity contribution < 1.29 is 18.0 Å². The van der Waals surface area contributed by atoms with Gasteiger partial charge in [0.2, 0.25) is 9.84 Å². The van der Waals surface area contributed by atoms with Crippen LogP contribution < -0.4 is 10.6 Å². The lowest BCUT2D eigenvalue weighted by atomic mass is 9.94. The third-order valence-electron chi connectivity index (χ3n) is 5.61. The van der Waals surface area contributed by atoms with Crippen LogP contribution in [0.5, 0.6) is 0 Å². The quantitative estimate of drug-likeness (QED) is 0.425. The van der Waals surface area contributed by atoms with Crippen LogP contribution in [0.2, 0.25) is 0 Å². The zero-order chi connectivity index (χ0) is 23.6. The van der Waals surface area contributed by atoms with Gasteiger partial charge in [0, 0.05) is 22.6 Å². The predicted molar refractivity (Wildman–Crippen MR) is 122 cm³/mol. The Hall–Kier alpha value is -3.19. The van der Waals surface area contributed by atoms with Gasteiger partial charge in [0.25, 0.3) is 5.16 Å². The van der Waals surface area contributed by atoms with E-state index in [1.165, 1.54) is 13.1 Å². The summed E-state index contributed by atoms with van der Waals surface area (Å²) >= 11 is 1.02. The second-order valence-electron chi connectivity index (χ2n) is 7.92. The number of benzene rings is 1. The number of carbonyl (C=O) groups is 2. The molecule has 1 aliphatic rings. The third-order valence-corrected chi connectivity index (χ3v) is 8.72. The molecule has 2 amide bonds. The van der Waals surface area contributed by atoms with Gasteiger partial charge in [-0.15, -0.1) is 16.4 Å². The molecule has 11 nitrogen and oxygen atoms in total. The maximum absolute atomic E-state index is 13.0. The van der Waals surface area contributed by atoms with E-state index in [-0.39, 0.29) is 16.8 Å². The molecule has 1 aromatic carbocycles. The van der Waals surface area contributed by atoms with Crippen molar-refractivity contribution in [1.29, 1.82) is 0 Å². The summed E-state index contributed by atoms with van der Waals surface area (Å²) in [5.41, 5.74) is 1.86. The SMILES string of the molecule is Cc1ccc(NC(=O)Nc2ncc(C(C)S(=O)(=O)c3nn[nH]n3)s2)c(C(=O)C2CCCC2)c1. The van der Waals surface area contributed by atoms with Crippen molar-refractivity contribution in [3.63, 3.8) is 0 Å². The molecular formula is C20H23N7O4S2. The van der Waals surface area contributed by atoms with Gasteiger partial charge in [0.1, 0.15) is 5.25 Å². The summed E-state index contributed by atoms with van der Waals surface area (Å²) in [6.45, 7) is 3.38. The van der Waals surface area contributed by atoms with Gasteiger partial charge in [0.05, 0.1) is 5.69 Å². The molecule has 3 N–H and O–H groups in total. The van der Waals surface area contributed by atoms with Gasteiger partial charge < -0.3 is 5.32 Å². The molecule has 4 rings (SSSR count). The number of urea groups is 1. The predicted octanol–water partition coefficient (Wildman–Crippen LogP) is 3.52. The summed E-state index contributed by atoms with van der Waals surface area (Å²) in [4.78, 5) is 30.1. The Morgan fingerprint density at radius 2 is 1.97 bits per heavy atom. The average molecular weight is 490 g/mol. The lowest BCUT2D eigenvalue weighted by molar-refractivity contribution is 0.0923. The molecule has 1 unspecified atom stereocenters. The maximum Gasteiger partial charge on any atom is 0.325 e. The molecule has 13 heteroatoms. The molecular weight excluding hydrogens is 466 g/mol. The van der Waals surface area contributed by atoms with Crippen LogP contribution in [0.1, 0.15) is 58.7 Å². The number of hydrogen-bond donors (Lipinski definition) is 3. The third kappa shape index (κ3) is 4.93. The lowest BCUT2D eigenvalue weighted by Crippen LogP contribution is -2.22. The molecule has 0 spiro atoms. The number of aryl methyl sites for hydroxylation is 1. The van der Waals surface area contributed by atoms with E-state index >= 15 is 0 Å². The molecule has 0 bridgehead atoms. The smallest absolute Gasteiger partial charge is 0.307 e. The van der Waals surface area contributed by atoms with Crippen molar-refractivity contribution in [1.82, 2.24) is 25.6 Å². The summed E-state index contributed by atoms with van der Waals surface area (Å²) in [7, 11) is -3.85. The Kier molecular flexibility index (Phi) is 6.51. The highest BCUT2D eigenvalue weighted by atomic mass is 32.2. The number of rotatable bonds is 7. The number of ketones is 1. The molecule has 0 aliphatic heterocycles. The van der Waals surface area contributed by atoms with Gasteiger partial charge in [-0.05, 0) is 44.0 Å². The Morgan fingerprint density at radius 1 is 1.21 bits per heavy atom. The van der Waals surface area contributed by atoms with Crippen LogP contribution in [0.3, 0.4) is 0 Å². The molecule has 174 valence electrons. The normalized spacial score (nSPS) is 15.3. The standard InChI is InChI=1S/C20H23N7O4S2/c1-11-7-8-15(14(9-11)17(28)13-5-3-4-6-13)22-18(29)23-19-21-10-16(32-19)12(2)33(30,31)20-24-26-27-25-20/h7-10,12-13H,3-6H2,1-2H3,(H2,21,22,23,29)(H,24,25,26,27). The number of thiazole rings is 1. The monoisotopic (exact) mass is 489 g/mol. The van der Waals surface area contributed by atoms with E-state index in [0.29, 0.717) is 16.1 Å². The largest absolute Gasteiger partial charge is 0.325 e. The molecule has 0 saturated heterocycles. The first kappa shape index (κ1) is 23.0. The second kappa shape index (κ2) is 9.35. The number of nitrogens with zero attached hydrogens (tertiary/aromatic N) is 4. The van der Waals surface area contributed by atoms with Crippen LogP contribution in [0, 0.1) is 12.8 Å². The zero-order valence-electron chi connectivity index (χ0n) is 18.0. The van der Waals surface area contributed by atoms with Crippen LogP contribution in [-0.4, -0.2) is 45.8 Å². The molecule has 3 aromatic rings. The summed E-state index contributed by atoms with van der Waals surface area (Å²) in [6.07, 6.45) is 5.19. The fourth-order valence-corrected chi connectivity index (χ4v) is 6.02. The van der Waals surface area contributed by atoms with Gasteiger partial charge in [0.15, 0.2) is 10.9 Å². The van der Waals surface area contributed by atoms with Gasteiger partial charge in [-0.3, -0.25) is 10.1 Å². The number of aromatic nitrogens is 5. The van der Waals surface area contributed by atoms with Crippen molar-refractivity contribution in [2.24, 2.45) is 5.92 Å². The number of carbonyl (C=O) groups excluding carboxylic acids is 2. The number of H-pyrrole nitrogens is 1. The highest BCUT2D eigenvalue weighted by Crippen LogP contribution is 2.33. The minimum Gasteiger partial charge on any atom is -0.307 e. The molecule has 0 radical (unpaired) electrons. The highest BCUT2D eigenvalue weighted by Gasteiger charge is 2.31. The molecule has 2 aromatic heterocycles. The average Bonchev–Trinajstić information content (AvgIpc) is 3.56. The molecule has 1 atom stereocenters. The van der Waals surface area contributed by atoms with Crippen molar-refractivity contribution in [3.8, 4) is 0 Å². The summed E-state index contributed by atoms with van der Waals surface area (Å²) in [5.74, 6) is 0.0307. The summed E-state index contributed by atoms with van der Waals surface area (Å²) in [6, 6.07) is 4.76. The second-order valence-corrected chi connectivity index (χ2v) is 11.1. The Balaban J connectivity index is 1.46. The number of aromatic amines is 1.